The third-order valence-corrected chi connectivity index (χ3v) is 20.1. The highest BCUT2D eigenvalue weighted by molar-refractivity contribution is 6.17. The van der Waals surface area contributed by atoms with E-state index in [1.54, 1.807) is 6.07 Å². The van der Waals surface area contributed by atoms with Gasteiger partial charge in [0.2, 0.25) is 0 Å². The number of nitrogens with zero attached hydrogens (tertiary/aromatic N) is 7. The Bertz CT molecular complexity index is 6240. The third-order valence-electron chi connectivity index (χ3n) is 20.1. The molecule has 6 aromatic heterocycles. The van der Waals surface area contributed by atoms with Crippen molar-refractivity contribution < 1.29 is 13.2 Å². The van der Waals surface area contributed by atoms with Gasteiger partial charge in [-0.05, 0) is 121 Å². The molecule has 6 heterocycles. The van der Waals surface area contributed by atoms with E-state index in [-0.39, 0.29) is 16.7 Å². The molecule has 0 fully saturated rings. The average molecular weight is 1240 g/mol. The fourth-order valence-electron chi connectivity index (χ4n) is 16.1. The predicted octanol–water partition coefficient (Wildman–Crippen LogP) is 22.8. The van der Waals surface area contributed by atoms with Crippen molar-refractivity contribution in [3.05, 3.63) is 314 Å². The smallest absolute Gasteiger partial charge is 0.309 e. The van der Waals surface area contributed by atoms with Crippen molar-refractivity contribution in [1.29, 1.82) is 5.26 Å². The molecule has 0 saturated heterocycles. The SMILES string of the molecule is N#Cc1cc(-n2c3cc(-n4c5ccccc5c5ccccc54)ccc3c3ccc(-n4c5ccccc5c5ccccc54)cc32)c(-n2c3cc(-n4c5ccccc5c5ccccc54)ccc3c3ccc(-n4c5ccccc5c5ccccc54)cc32)cc1-c1ccccc1C(F)(F)F. The largest absolute Gasteiger partial charge is 0.417 e. The highest BCUT2D eigenvalue weighted by Crippen LogP contribution is 2.47. The number of alkyl halides is 3. The lowest BCUT2D eigenvalue weighted by Gasteiger charge is -2.21. The quantitative estimate of drug-likeness (QED) is 0.157. The van der Waals surface area contributed by atoms with E-state index < -0.39 is 11.7 Å². The summed E-state index contributed by atoms with van der Waals surface area (Å²) in [5.41, 5.74) is 15.6. The molecule has 450 valence electrons. The van der Waals surface area contributed by atoms with E-state index in [0.29, 0.717) is 11.4 Å². The number of halogens is 3. The molecule has 0 saturated carbocycles. The first-order chi connectivity index (χ1) is 47.3. The van der Waals surface area contributed by atoms with Gasteiger partial charge < -0.3 is 27.4 Å². The Hall–Kier alpha value is -12.8. The molecule has 10 heteroatoms. The van der Waals surface area contributed by atoms with Crippen LogP contribution in [-0.2, 0) is 6.18 Å². The molecule has 0 N–H and O–H groups in total. The van der Waals surface area contributed by atoms with Crippen LogP contribution in [0.2, 0.25) is 0 Å². The number of hydrogen-bond donors (Lipinski definition) is 0. The van der Waals surface area contributed by atoms with E-state index >= 15 is 13.2 Å². The molecule has 0 amide bonds. The van der Waals surface area contributed by atoms with Gasteiger partial charge >= 0.3 is 6.18 Å². The van der Waals surface area contributed by atoms with Crippen LogP contribution in [0.5, 0.6) is 0 Å². The molecule has 20 aromatic rings. The van der Waals surface area contributed by atoms with Crippen LogP contribution in [0.3, 0.4) is 0 Å². The summed E-state index contributed by atoms with van der Waals surface area (Å²) >= 11 is 0. The van der Waals surface area contributed by atoms with Crippen molar-refractivity contribution in [2.24, 2.45) is 0 Å². The fourth-order valence-corrected chi connectivity index (χ4v) is 16.1. The van der Waals surface area contributed by atoms with Crippen LogP contribution in [0.4, 0.5) is 13.2 Å². The number of para-hydroxylation sites is 8. The zero-order valence-corrected chi connectivity index (χ0v) is 51.1. The lowest BCUT2D eigenvalue weighted by Crippen LogP contribution is -2.09. The number of aromatic nitrogens is 6. The third kappa shape index (κ3) is 7.59. The first kappa shape index (κ1) is 53.8. The molecular weight excluding hydrogens is 1190 g/mol. The molecule has 14 aromatic carbocycles. The first-order valence-electron chi connectivity index (χ1n) is 32.1. The molecule has 0 spiro atoms. The Kier molecular flexibility index (Phi) is 11.3. The summed E-state index contributed by atoms with van der Waals surface area (Å²) in [7, 11) is 0. The standard InChI is InChI=1S/C86H50F3N7/c87-86(88,89)71-28-10-1-19-57(71)70-50-85(96-82-48-55(93-76-33-15-6-24-62(76)63-25-7-16-34-77(63)93)39-43-68(82)69-44-40-56(49-83(69)96)94-78-35-17-8-26-64(78)65-27-9-18-36-79(65)94)84(45-52(70)51-90)95-80-46-53(91-72-29-11-2-20-58(72)59-21-3-12-30-73(59)91)37-41-66(80)67-42-38-54(47-81(67)95)92-74-31-13-4-22-60(74)61-23-5-14-32-75(61)92/h1-50H. The molecule has 0 atom stereocenters. The van der Waals surface area contributed by atoms with Gasteiger partial charge in [-0.25, -0.2) is 0 Å². The number of hydrogen-bond acceptors (Lipinski definition) is 1. The Morgan fingerprint density at radius 3 is 0.740 bits per heavy atom. The normalized spacial score (nSPS) is 12.3. The van der Waals surface area contributed by atoms with Crippen molar-refractivity contribution in [3.63, 3.8) is 0 Å². The van der Waals surface area contributed by atoms with E-state index in [1.165, 1.54) is 12.1 Å². The summed E-state index contributed by atoms with van der Waals surface area (Å²) in [6.07, 6.45) is -4.76. The maximum Gasteiger partial charge on any atom is 0.417 e. The van der Waals surface area contributed by atoms with Gasteiger partial charge in [0.05, 0.1) is 94.8 Å². The summed E-state index contributed by atoms with van der Waals surface area (Å²) in [5, 5.41) is 24.5. The van der Waals surface area contributed by atoms with Gasteiger partial charge in [-0.15, -0.1) is 0 Å². The van der Waals surface area contributed by atoms with Crippen LogP contribution in [0.25, 0.3) is 176 Å². The van der Waals surface area contributed by atoms with E-state index in [1.807, 2.05) is 12.1 Å². The molecule has 0 aliphatic carbocycles. The highest BCUT2D eigenvalue weighted by atomic mass is 19.4. The van der Waals surface area contributed by atoms with Crippen molar-refractivity contribution in [1.82, 2.24) is 27.4 Å². The van der Waals surface area contributed by atoms with Gasteiger partial charge in [0.15, 0.2) is 0 Å². The topological polar surface area (TPSA) is 53.4 Å². The van der Waals surface area contributed by atoms with E-state index in [4.69, 9.17) is 0 Å². The molecule has 20 rings (SSSR count). The van der Waals surface area contributed by atoms with Gasteiger partial charge in [-0.1, -0.05) is 188 Å². The Morgan fingerprint density at radius 1 is 0.229 bits per heavy atom. The number of nitriles is 1. The second-order valence-corrected chi connectivity index (χ2v) is 25.0. The second-order valence-electron chi connectivity index (χ2n) is 25.0. The van der Waals surface area contributed by atoms with Crippen molar-refractivity contribution in [3.8, 4) is 51.3 Å². The van der Waals surface area contributed by atoms with E-state index in [2.05, 4.69) is 300 Å². The van der Waals surface area contributed by atoms with Crippen molar-refractivity contribution in [2.75, 3.05) is 0 Å². The highest BCUT2D eigenvalue weighted by Gasteiger charge is 2.35. The second kappa shape index (κ2) is 20.1. The van der Waals surface area contributed by atoms with E-state index in [0.717, 1.165) is 160 Å². The van der Waals surface area contributed by atoms with Gasteiger partial charge in [0, 0.05) is 92.9 Å². The van der Waals surface area contributed by atoms with Crippen LogP contribution >= 0.6 is 0 Å². The molecular formula is C86H50F3N7. The van der Waals surface area contributed by atoms with Crippen LogP contribution in [0.1, 0.15) is 11.1 Å². The lowest BCUT2D eigenvalue weighted by molar-refractivity contribution is -0.137. The molecule has 0 aliphatic heterocycles. The molecule has 0 bridgehead atoms. The Morgan fingerprint density at radius 2 is 0.469 bits per heavy atom. The monoisotopic (exact) mass is 1240 g/mol. The van der Waals surface area contributed by atoms with Gasteiger partial charge in [-0.2, -0.15) is 18.4 Å². The van der Waals surface area contributed by atoms with Gasteiger partial charge in [0.1, 0.15) is 0 Å². The summed E-state index contributed by atoms with van der Waals surface area (Å²) in [5.74, 6) is 0. The molecule has 0 aliphatic rings. The van der Waals surface area contributed by atoms with E-state index in [9.17, 15) is 5.26 Å². The maximum atomic E-state index is 15.8. The van der Waals surface area contributed by atoms with Crippen LogP contribution in [0, 0.1) is 11.3 Å². The lowest BCUT2D eigenvalue weighted by atomic mass is 9.94. The molecule has 96 heavy (non-hydrogen) atoms. The minimum atomic E-state index is -4.76. The van der Waals surface area contributed by atoms with Crippen LogP contribution in [0.15, 0.2) is 303 Å². The molecule has 0 radical (unpaired) electrons. The zero-order valence-electron chi connectivity index (χ0n) is 51.1. The van der Waals surface area contributed by atoms with Gasteiger partial charge in [-0.3, -0.25) is 0 Å². The van der Waals surface area contributed by atoms with Gasteiger partial charge in [0.25, 0.3) is 0 Å². The number of rotatable bonds is 7. The van der Waals surface area contributed by atoms with Crippen molar-refractivity contribution in [2.45, 2.75) is 6.18 Å². The minimum absolute atomic E-state index is 0.0789. The summed E-state index contributed by atoms with van der Waals surface area (Å²) < 4.78 is 61.2. The fraction of sp³-hybridized carbons (Fsp3) is 0.0116. The zero-order chi connectivity index (χ0) is 63.7. The minimum Gasteiger partial charge on any atom is -0.309 e. The first-order valence-corrected chi connectivity index (χ1v) is 32.1. The Labute approximate surface area is 545 Å². The number of fused-ring (bicyclic) bond motifs is 18. The van der Waals surface area contributed by atoms with Crippen LogP contribution in [-0.4, -0.2) is 27.4 Å². The summed E-state index contributed by atoms with van der Waals surface area (Å²) in [6.45, 7) is 0. The average Bonchev–Trinajstić information content (AvgIpc) is 1.54. The Balaban J connectivity index is 0.972. The molecule has 7 nitrogen and oxygen atoms in total. The van der Waals surface area contributed by atoms with Crippen molar-refractivity contribution >= 4 is 131 Å². The molecule has 0 unspecified atom stereocenters. The number of benzene rings is 14. The predicted molar refractivity (Wildman–Crippen MR) is 388 cm³/mol. The van der Waals surface area contributed by atoms with Crippen LogP contribution < -0.4 is 0 Å². The summed E-state index contributed by atoms with van der Waals surface area (Å²) in [6, 6.07) is 106. The maximum absolute atomic E-state index is 15.8. The summed E-state index contributed by atoms with van der Waals surface area (Å²) in [4.78, 5) is 0.